The molecular formula is C18H22N2. The molecule has 0 saturated carbocycles. The Morgan fingerprint density at radius 2 is 1.95 bits per heavy atom. The zero-order valence-electron chi connectivity index (χ0n) is 12.3. The number of fused-ring (bicyclic) bond motifs is 1. The second kappa shape index (κ2) is 5.68. The van der Waals surface area contributed by atoms with Crippen LogP contribution in [-0.2, 0) is 13.0 Å². The van der Waals surface area contributed by atoms with Crippen LogP contribution >= 0.6 is 0 Å². The minimum Gasteiger partial charge on any atom is -0.341 e. The molecule has 0 spiro atoms. The number of nitrogens with zero attached hydrogens (tertiary/aromatic N) is 1. The molecule has 0 aromatic heterocycles. The third-order valence-electron chi connectivity index (χ3n) is 4.00. The molecule has 0 fully saturated rings. The molecule has 0 atom stereocenters. The first-order chi connectivity index (χ1) is 9.79. The summed E-state index contributed by atoms with van der Waals surface area (Å²) >= 11 is 0. The minimum atomic E-state index is 0.911. The molecule has 0 saturated heterocycles. The van der Waals surface area contributed by atoms with Crippen molar-refractivity contribution in [2.75, 3.05) is 18.5 Å². The molecule has 2 nitrogen and oxygen atoms in total. The smallest absolute Gasteiger partial charge is 0.0456 e. The van der Waals surface area contributed by atoms with Gasteiger partial charge in [-0.05, 0) is 50.1 Å². The predicted octanol–water partition coefficient (Wildman–Crippen LogP) is 3.80. The second-order valence-electron chi connectivity index (χ2n) is 5.55. The molecule has 2 aromatic rings. The fourth-order valence-corrected chi connectivity index (χ4v) is 3.09. The molecule has 2 aromatic carbocycles. The van der Waals surface area contributed by atoms with E-state index in [1.807, 2.05) is 7.05 Å². The van der Waals surface area contributed by atoms with Gasteiger partial charge in [0.1, 0.15) is 0 Å². The Hall–Kier alpha value is -1.80. The molecule has 3 rings (SSSR count). The molecule has 0 radical (unpaired) electrons. The SMILES string of the molecule is CNCc1ccccc1N1CCCc2cc(C)ccc21. The first-order valence-electron chi connectivity index (χ1n) is 7.39. The summed E-state index contributed by atoms with van der Waals surface area (Å²) in [4.78, 5) is 2.48. The second-order valence-corrected chi connectivity index (χ2v) is 5.55. The summed E-state index contributed by atoms with van der Waals surface area (Å²) in [6.45, 7) is 4.19. The number of nitrogens with one attached hydrogen (secondary N) is 1. The van der Waals surface area contributed by atoms with Gasteiger partial charge in [0.15, 0.2) is 0 Å². The van der Waals surface area contributed by atoms with E-state index in [1.165, 1.54) is 40.9 Å². The van der Waals surface area contributed by atoms with Crippen molar-refractivity contribution < 1.29 is 0 Å². The number of anilines is 2. The number of benzene rings is 2. The average molecular weight is 266 g/mol. The number of para-hydroxylation sites is 1. The Labute approximate surface area is 121 Å². The lowest BCUT2D eigenvalue weighted by Gasteiger charge is -2.33. The van der Waals surface area contributed by atoms with Crippen molar-refractivity contribution >= 4 is 11.4 Å². The zero-order valence-corrected chi connectivity index (χ0v) is 12.3. The van der Waals surface area contributed by atoms with Gasteiger partial charge in [-0.1, -0.05) is 35.9 Å². The van der Waals surface area contributed by atoms with E-state index >= 15 is 0 Å². The lowest BCUT2D eigenvalue weighted by Crippen LogP contribution is -2.26. The number of rotatable bonds is 3. The minimum absolute atomic E-state index is 0.911. The lowest BCUT2D eigenvalue weighted by molar-refractivity contribution is 0.754. The van der Waals surface area contributed by atoms with E-state index in [4.69, 9.17) is 0 Å². The van der Waals surface area contributed by atoms with Gasteiger partial charge in [-0.3, -0.25) is 0 Å². The number of aryl methyl sites for hydroxylation is 2. The van der Waals surface area contributed by atoms with Crippen LogP contribution in [0.3, 0.4) is 0 Å². The van der Waals surface area contributed by atoms with E-state index in [9.17, 15) is 0 Å². The van der Waals surface area contributed by atoms with Gasteiger partial charge in [-0.25, -0.2) is 0 Å². The van der Waals surface area contributed by atoms with Crippen LogP contribution in [0.2, 0.25) is 0 Å². The summed E-state index contributed by atoms with van der Waals surface area (Å²) < 4.78 is 0. The Morgan fingerprint density at radius 1 is 1.10 bits per heavy atom. The van der Waals surface area contributed by atoms with E-state index < -0.39 is 0 Å². The van der Waals surface area contributed by atoms with Crippen LogP contribution in [0.1, 0.15) is 23.1 Å². The summed E-state index contributed by atoms with van der Waals surface area (Å²) in [5.41, 5.74) is 6.92. The molecule has 1 aliphatic heterocycles. The van der Waals surface area contributed by atoms with Gasteiger partial charge >= 0.3 is 0 Å². The van der Waals surface area contributed by atoms with Crippen molar-refractivity contribution in [2.24, 2.45) is 0 Å². The van der Waals surface area contributed by atoms with Crippen LogP contribution in [0, 0.1) is 6.92 Å². The standard InChI is InChI=1S/C18H22N2/c1-14-9-10-18-15(12-14)7-5-11-20(18)17-8-4-3-6-16(17)13-19-2/h3-4,6,8-10,12,19H,5,7,11,13H2,1-2H3. The lowest BCUT2D eigenvalue weighted by atomic mass is 9.98. The molecule has 1 aliphatic rings. The molecule has 1 heterocycles. The Bertz CT molecular complexity index is 604. The van der Waals surface area contributed by atoms with Crippen molar-refractivity contribution in [3.8, 4) is 0 Å². The van der Waals surface area contributed by atoms with Crippen molar-refractivity contribution in [1.29, 1.82) is 0 Å². The highest BCUT2D eigenvalue weighted by molar-refractivity contribution is 5.70. The first kappa shape index (κ1) is 13.2. The fourth-order valence-electron chi connectivity index (χ4n) is 3.09. The molecule has 0 bridgehead atoms. The molecule has 0 aliphatic carbocycles. The first-order valence-corrected chi connectivity index (χ1v) is 7.39. The predicted molar refractivity (Wildman–Crippen MR) is 85.7 cm³/mol. The van der Waals surface area contributed by atoms with E-state index in [1.54, 1.807) is 0 Å². The normalized spacial score (nSPS) is 14.2. The Balaban J connectivity index is 2.04. The largest absolute Gasteiger partial charge is 0.341 e. The third kappa shape index (κ3) is 2.44. The average Bonchev–Trinajstić information content (AvgIpc) is 2.47. The molecular weight excluding hydrogens is 244 g/mol. The highest BCUT2D eigenvalue weighted by Gasteiger charge is 2.19. The topological polar surface area (TPSA) is 15.3 Å². The number of hydrogen-bond donors (Lipinski definition) is 1. The van der Waals surface area contributed by atoms with Crippen molar-refractivity contribution in [1.82, 2.24) is 5.32 Å². The van der Waals surface area contributed by atoms with Crippen molar-refractivity contribution in [3.05, 3.63) is 59.2 Å². The maximum absolute atomic E-state index is 3.27. The van der Waals surface area contributed by atoms with Gasteiger partial charge in [-0.2, -0.15) is 0 Å². The monoisotopic (exact) mass is 266 g/mol. The molecule has 0 amide bonds. The highest BCUT2D eigenvalue weighted by atomic mass is 15.1. The van der Waals surface area contributed by atoms with E-state index in [0.29, 0.717) is 0 Å². The maximum atomic E-state index is 3.27. The van der Waals surface area contributed by atoms with Gasteiger partial charge < -0.3 is 10.2 Å². The zero-order chi connectivity index (χ0) is 13.9. The van der Waals surface area contributed by atoms with E-state index in [-0.39, 0.29) is 0 Å². The molecule has 104 valence electrons. The fraction of sp³-hybridized carbons (Fsp3) is 0.333. The maximum Gasteiger partial charge on any atom is 0.0456 e. The molecule has 2 heteroatoms. The van der Waals surface area contributed by atoms with Crippen LogP contribution in [0.5, 0.6) is 0 Å². The van der Waals surface area contributed by atoms with Gasteiger partial charge in [0.05, 0.1) is 0 Å². The van der Waals surface area contributed by atoms with E-state index in [2.05, 4.69) is 59.6 Å². The quantitative estimate of drug-likeness (QED) is 0.909. The summed E-state index contributed by atoms with van der Waals surface area (Å²) in [7, 11) is 2.00. The summed E-state index contributed by atoms with van der Waals surface area (Å²) in [6.07, 6.45) is 2.42. The Kier molecular flexibility index (Phi) is 3.75. The Morgan fingerprint density at radius 3 is 2.80 bits per heavy atom. The summed E-state index contributed by atoms with van der Waals surface area (Å²) in [5, 5.41) is 3.27. The van der Waals surface area contributed by atoms with Crippen molar-refractivity contribution in [2.45, 2.75) is 26.3 Å². The third-order valence-corrected chi connectivity index (χ3v) is 4.00. The van der Waals surface area contributed by atoms with Crippen LogP contribution in [0.25, 0.3) is 0 Å². The van der Waals surface area contributed by atoms with Crippen molar-refractivity contribution in [3.63, 3.8) is 0 Å². The van der Waals surface area contributed by atoms with E-state index in [0.717, 1.165) is 13.1 Å². The molecule has 1 N–H and O–H groups in total. The van der Waals surface area contributed by atoms with Gasteiger partial charge in [0.25, 0.3) is 0 Å². The molecule has 20 heavy (non-hydrogen) atoms. The van der Waals surface area contributed by atoms with Crippen LogP contribution in [0.4, 0.5) is 11.4 Å². The van der Waals surface area contributed by atoms with Gasteiger partial charge in [0.2, 0.25) is 0 Å². The highest BCUT2D eigenvalue weighted by Crippen LogP contribution is 2.35. The van der Waals surface area contributed by atoms with Gasteiger partial charge in [-0.15, -0.1) is 0 Å². The number of hydrogen-bond acceptors (Lipinski definition) is 2. The van der Waals surface area contributed by atoms with Crippen LogP contribution in [0.15, 0.2) is 42.5 Å². The van der Waals surface area contributed by atoms with Crippen LogP contribution < -0.4 is 10.2 Å². The van der Waals surface area contributed by atoms with Crippen LogP contribution in [-0.4, -0.2) is 13.6 Å². The molecule has 0 unspecified atom stereocenters. The van der Waals surface area contributed by atoms with Gasteiger partial charge in [0, 0.05) is 24.5 Å². The summed E-state index contributed by atoms with van der Waals surface area (Å²) in [5.74, 6) is 0. The summed E-state index contributed by atoms with van der Waals surface area (Å²) in [6, 6.07) is 15.5.